The fourth-order valence-electron chi connectivity index (χ4n) is 4.32. The Bertz CT molecular complexity index is 1160. The maximum Gasteiger partial charge on any atom is 0.256 e. The Labute approximate surface area is 189 Å². The molecule has 32 heavy (non-hydrogen) atoms. The maximum absolute atomic E-state index is 13.0. The van der Waals surface area contributed by atoms with Gasteiger partial charge >= 0.3 is 0 Å². The van der Waals surface area contributed by atoms with E-state index in [2.05, 4.69) is 34.4 Å². The molecule has 2 aromatic carbocycles. The molecule has 166 valence electrons. The number of unbranched alkanes of at least 4 members (excludes halogenated alkanes) is 1. The highest BCUT2D eigenvalue weighted by atomic mass is 16.2. The summed E-state index contributed by atoms with van der Waals surface area (Å²) in [7, 11) is 0. The van der Waals surface area contributed by atoms with E-state index >= 15 is 0 Å². The molecule has 1 aliphatic heterocycles. The smallest absolute Gasteiger partial charge is 0.256 e. The minimum absolute atomic E-state index is 0.0312. The number of aromatic nitrogens is 1. The number of Topliss-reactive ketones (excluding diaryl/α,β-unsaturated/α-hetero) is 1. The largest absolute Gasteiger partial charge is 0.361 e. The lowest BCUT2D eigenvalue weighted by Gasteiger charge is -2.26. The molecule has 3 aromatic rings. The standard InChI is InChI=1S/C27H31N3O2/c1-3-5-14-30-15-12-19(13-16-30)24-18-28-25-11-10-20(17-23(24)25)29-27(32)22-9-7-6-8-21(22)26(31)4-2/h6-12,17-18,28H,3-5,13-16H2,1-2H3,(H,29,32). The van der Waals surface area contributed by atoms with E-state index in [0.29, 0.717) is 17.5 Å². The second-order valence-corrected chi connectivity index (χ2v) is 8.37. The molecule has 0 bridgehead atoms. The third-order valence-electron chi connectivity index (χ3n) is 6.20. The van der Waals surface area contributed by atoms with Gasteiger partial charge in [0, 0.05) is 53.4 Å². The zero-order valence-electron chi connectivity index (χ0n) is 18.9. The molecular formula is C27H31N3O2. The van der Waals surface area contributed by atoms with Crippen LogP contribution in [0.15, 0.2) is 54.7 Å². The van der Waals surface area contributed by atoms with Crippen molar-refractivity contribution in [1.82, 2.24) is 9.88 Å². The van der Waals surface area contributed by atoms with Crippen molar-refractivity contribution in [1.29, 1.82) is 0 Å². The first-order chi connectivity index (χ1) is 15.6. The van der Waals surface area contributed by atoms with Crippen LogP contribution in [0.4, 0.5) is 5.69 Å². The second kappa shape index (κ2) is 9.96. The first kappa shape index (κ1) is 22.0. The molecule has 0 fully saturated rings. The number of hydrogen-bond acceptors (Lipinski definition) is 3. The lowest BCUT2D eigenvalue weighted by Crippen LogP contribution is -2.29. The van der Waals surface area contributed by atoms with Gasteiger partial charge in [0.05, 0.1) is 5.56 Å². The number of fused-ring (bicyclic) bond motifs is 1. The Balaban J connectivity index is 1.56. The zero-order chi connectivity index (χ0) is 22.5. The maximum atomic E-state index is 13.0. The van der Waals surface area contributed by atoms with Gasteiger partial charge in [-0.2, -0.15) is 0 Å². The summed E-state index contributed by atoms with van der Waals surface area (Å²) in [4.78, 5) is 31.1. The van der Waals surface area contributed by atoms with Gasteiger partial charge in [0.15, 0.2) is 5.78 Å². The van der Waals surface area contributed by atoms with Crippen LogP contribution in [0.2, 0.25) is 0 Å². The van der Waals surface area contributed by atoms with Crippen LogP contribution in [0.5, 0.6) is 0 Å². The minimum Gasteiger partial charge on any atom is -0.361 e. The van der Waals surface area contributed by atoms with Gasteiger partial charge < -0.3 is 10.3 Å². The number of anilines is 1. The molecule has 1 amide bonds. The van der Waals surface area contributed by atoms with Crippen LogP contribution in [0, 0.1) is 0 Å². The number of nitrogens with one attached hydrogen (secondary N) is 2. The molecule has 0 radical (unpaired) electrons. The van der Waals surface area contributed by atoms with Crippen molar-refractivity contribution in [2.75, 3.05) is 25.0 Å². The molecule has 4 rings (SSSR count). The van der Waals surface area contributed by atoms with Gasteiger partial charge in [-0.05, 0) is 49.2 Å². The minimum atomic E-state index is -0.262. The van der Waals surface area contributed by atoms with Gasteiger partial charge in [-0.1, -0.05) is 44.5 Å². The fraction of sp³-hybridized carbons (Fsp3) is 0.333. The number of amides is 1. The lowest BCUT2D eigenvalue weighted by atomic mass is 9.98. The number of benzene rings is 2. The van der Waals surface area contributed by atoms with E-state index < -0.39 is 0 Å². The zero-order valence-corrected chi connectivity index (χ0v) is 18.9. The number of carbonyl (C=O) groups is 2. The summed E-state index contributed by atoms with van der Waals surface area (Å²) in [6.07, 6.45) is 8.26. The second-order valence-electron chi connectivity index (χ2n) is 8.37. The molecule has 0 spiro atoms. The van der Waals surface area contributed by atoms with Crippen LogP contribution < -0.4 is 5.32 Å². The molecule has 2 heterocycles. The first-order valence-corrected chi connectivity index (χ1v) is 11.6. The number of rotatable bonds is 8. The number of carbonyl (C=O) groups excluding carboxylic acids is 2. The van der Waals surface area contributed by atoms with E-state index in [1.54, 1.807) is 31.2 Å². The summed E-state index contributed by atoms with van der Waals surface area (Å²) >= 11 is 0. The predicted octanol–water partition coefficient (Wildman–Crippen LogP) is 5.90. The van der Waals surface area contributed by atoms with Crippen molar-refractivity contribution in [3.63, 3.8) is 0 Å². The van der Waals surface area contributed by atoms with E-state index in [9.17, 15) is 9.59 Å². The molecule has 0 aliphatic carbocycles. The number of hydrogen-bond donors (Lipinski definition) is 2. The van der Waals surface area contributed by atoms with Crippen molar-refractivity contribution in [3.8, 4) is 0 Å². The van der Waals surface area contributed by atoms with Crippen molar-refractivity contribution in [3.05, 3.63) is 71.4 Å². The van der Waals surface area contributed by atoms with Gasteiger partial charge in [0.2, 0.25) is 0 Å². The average molecular weight is 430 g/mol. The monoisotopic (exact) mass is 429 g/mol. The number of H-pyrrole nitrogens is 1. The Morgan fingerprint density at radius 3 is 2.62 bits per heavy atom. The lowest BCUT2D eigenvalue weighted by molar-refractivity contribution is 0.0968. The third-order valence-corrected chi connectivity index (χ3v) is 6.20. The van der Waals surface area contributed by atoms with Crippen molar-refractivity contribution in [2.24, 2.45) is 0 Å². The normalized spacial score (nSPS) is 14.4. The van der Waals surface area contributed by atoms with E-state index in [4.69, 9.17) is 0 Å². The van der Waals surface area contributed by atoms with Crippen LogP contribution in [-0.4, -0.2) is 41.2 Å². The Morgan fingerprint density at radius 1 is 1.09 bits per heavy atom. The van der Waals surface area contributed by atoms with Crippen molar-refractivity contribution < 1.29 is 9.59 Å². The molecule has 0 saturated heterocycles. The van der Waals surface area contributed by atoms with E-state index in [-0.39, 0.29) is 11.7 Å². The molecule has 0 atom stereocenters. The average Bonchev–Trinajstić information content (AvgIpc) is 3.25. The first-order valence-electron chi connectivity index (χ1n) is 11.6. The molecule has 1 aromatic heterocycles. The van der Waals surface area contributed by atoms with Crippen LogP contribution in [0.3, 0.4) is 0 Å². The van der Waals surface area contributed by atoms with Gasteiger partial charge in [0.1, 0.15) is 0 Å². The van der Waals surface area contributed by atoms with Crippen molar-refractivity contribution in [2.45, 2.75) is 39.5 Å². The van der Waals surface area contributed by atoms with Gasteiger partial charge in [-0.15, -0.1) is 0 Å². The summed E-state index contributed by atoms with van der Waals surface area (Å²) in [5, 5.41) is 4.09. The van der Waals surface area contributed by atoms with Gasteiger partial charge in [-0.3, -0.25) is 14.5 Å². The molecule has 5 nitrogen and oxygen atoms in total. The molecule has 0 unspecified atom stereocenters. The highest BCUT2D eigenvalue weighted by Gasteiger charge is 2.18. The van der Waals surface area contributed by atoms with E-state index in [1.807, 2.05) is 18.2 Å². The summed E-state index contributed by atoms with van der Waals surface area (Å²) < 4.78 is 0. The summed E-state index contributed by atoms with van der Waals surface area (Å²) in [5.41, 5.74) is 5.21. The van der Waals surface area contributed by atoms with Crippen LogP contribution >= 0.6 is 0 Å². The molecule has 0 saturated carbocycles. The summed E-state index contributed by atoms with van der Waals surface area (Å²) in [5.74, 6) is -0.293. The molecule has 5 heteroatoms. The Morgan fingerprint density at radius 2 is 1.91 bits per heavy atom. The van der Waals surface area contributed by atoms with Crippen LogP contribution in [-0.2, 0) is 0 Å². The summed E-state index contributed by atoms with van der Waals surface area (Å²) in [6, 6.07) is 12.9. The highest BCUT2D eigenvalue weighted by Crippen LogP contribution is 2.31. The van der Waals surface area contributed by atoms with E-state index in [0.717, 1.165) is 42.6 Å². The van der Waals surface area contributed by atoms with Crippen LogP contribution in [0.25, 0.3) is 16.5 Å². The Hall–Kier alpha value is -3.18. The highest BCUT2D eigenvalue weighted by molar-refractivity contribution is 6.13. The fourth-order valence-corrected chi connectivity index (χ4v) is 4.32. The van der Waals surface area contributed by atoms with Crippen LogP contribution in [0.1, 0.15) is 65.8 Å². The predicted molar refractivity (Wildman–Crippen MR) is 131 cm³/mol. The SMILES string of the molecule is CCCCN1CC=C(c2c[nH]c3ccc(NC(=O)c4ccccc4C(=O)CC)cc23)CC1. The van der Waals surface area contributed by atoms with Gasteiger partial charge in [-0.25, -0.2) is 0 Å². The summed E-state index contributed by atoms with van der Waals surface area (Å²) in [6.45, 7) is 7.26. The van der Waals surface area contributed by atoms with E-state index in [1.165, 1.54) is 24.0 Å². The van der Waals surface area contributed by atoms with Crippen molar-refractivity contribution >= 4 is 33.9 Å². The molecule has 2 N–H and O–H groups in total. The number of ketones is 1. The quantitative estimate of drug-likeness (QED) is 0.438. The molecular weight excluding hydrogens is 398 g/mol. The van der Waals surface area contributed by atoms with Gasteiger partial charge in [0.25, 0.3) is 5.91 Å². The Kier molecular flexibility index (Phi) is 6.86. The topological polar surface area (TPSA) is 65.2 Å². The number of nitrogens with zero attached hydrogens (tertiary/aromatic N) is 1. The molecule has 1 aliphatic rings. The number of aromatic amines is 1. The third kappa shape index (κ3) is 4.68.